The van der Waals surface area contributed by atoms with Crippen LogP contribution in [0.3, 0.4) is 0 Å². The highest BCUT2D eigenvalue weighted by molar-refractivity contribution is 7.09. The van der Waals surface area contributed by atoms with E-state index in [9.17, 15) is 4.79 Å². The first kappa shape index (κ1) is 18.7. The van der Waals surface area contributed by atoms with Crippen LogP contribution in [-0.2, 0) is 11.2 Å². The molecule has 2 heterocycles. The Morgan fingerprint density at radius 3 is 2.67 bits per heavy atom. The van der Waals surface area contributed by atoms with E-state index in [0.29, 0.717) is 12.3 Å². The molecule has 144 valence electrons. The van der Waals surface area contributed by atoms with Crippen LogP contribution in [0.4, 0.5) is 5.13 Å². The van der Waals surface area contributed by atoms with Crippen molar-refractivity contribution in [1.82, 2.24) is 14.3 Å². The van der Waals surface area contributed by atoms with Gasteiger partial charge in [0.05, 0.1) is 0 Å². The van der Waals surface area contributed by atoms with Crippen LogP contribution < -0.4 is 4.90 Å². The summed E-state index contributed by atoms with van der Waals surface area (Å²) in [5, 5.41) is 1.70. The predicted molar refractivity (Wildman–Crippen MR) is 110 cm³/mol. The number of amides is 1. The van der Waals surface area contributed by atoms with E-state index >= 15 is 0 Å². The van der Waals surface area contributed by atoms with Crippen molar-refractivity contribution in [3.8, 4) is 0 Å². The molecule has 1 saturated heterocycles. The van der Waals surface area contributed by atoms with Gasteiger partial charge in [0.2, 0.25) is 11.0 Å². The summed E-state index contributed by atoms with van der Waals surface area (Å²) in [5.74, 6) is 1.46. The van der Waals surface area contributed by atoms with E-state index in [-0.39, 0.29) is 12.0 Å². The molecular weight excluding hydrogens is 380 g/mol. The van der Waals surface area contributed by atoms with Gasteiger partial charge in [-0.3, -0.25) is 4.79 Å². The smallest absolute Gasteiger partial charge is 0.226 e. The third kappa shape index (κ3) is 4.27. The Hall–Kier alpha value is -1.66. The van der Waals surface area contributed by atoms with Gasteiger partial charge < -0.3 is 9.80 Å². The maximum atomic E-state index is 12.8. The van der Waals surface area contributed by atoms with Crippen molar-refractivity contribution in [2.24, 2.45) is 5.92 Å². The second-order valence-corrected chi connectivity index (χ2v) is 8.77. The lowest BCUT2D eigenvalue weighted by atomic mass is 10.0. The number of hydrogen-bond acceptors (Lipinski definition) is 5. The maximum absolute atomic E-state index is 12.8. The van der Waals surface area contributed by atoms with Crippen LogP contribution in [0.25, 0.3) is 0 Å². The highest BCUT2D eigenvalue weighted by atomic mass is 35.5. The highest BCUT2D eigenvalue weighted by Gasteiger charge is 2.33. The van der Waals surface area contributed by atoms with Crippen LogP contribution >= 0.6 is 23.1 Å². The van der Waals surface area contributed by atoms with Crippen molar-refractivity contribution in [1.29, 1.82) is 0 Å². The molecule has 0 spiro atoms. The zero-order chi connectivity index (χ0) is 18.8. The first-order chi connectivity index (χ1) is 13.1. The summed E-state index contributed by atoms with van der Waals surface area (Å²) in [6, 6.07) is 8.03. The van der Waals surface area contributed by atoms with Crippen molar-refractivity contribution < 1.29 is 4.79 Å². The number of benzene rings is 1. The number of carbonyl (C=O) groups excluding carboxylic acids is 1. The number of hydrogen-bond donors (Lipinski definition) is 0. The maximum Gasteiger partial charge on any atom is 0.226 e. The Labute approximate surface area is 169 Å². The van der Waals surface area contributed by atoms with Crippen LogP contribution in [-0.4, -0.2) is 45.8 Å². The number of piperazine rings is 1. The second-order valence-electron chi connectivity index (χ2n) is 7.60. The zero-order valence-electron chi connectivity index (χ0n) is 15.6. The van der Waals surface area contributed by atoms with E-state index in [1.807, 2.05) is 24.3 Å². The van der Waals surface area contributed by atoms with Gasteiger partial charge >= 0.3 is 0 Å². The third-order valence-electron chi connectivity index (χ3n) is 5.62. The average Bonchev–Trinajstić information content (AvgIpc) is 3.35. The van der Waals surface area contributed by atoms with Gasteiger partial charge in [-0.25, -0.2) is 4.98 Å². The van der Waals surface area contributed by atoms with E-state index < -0.39 is 0 Å². The lowest BCUT2D eigenvalue weighted by Crippen LogP contribution is -2.55. The third-order valence-corrected chi connectivity index (χ3v) is 6.69. The fourth-order valence-corrected chi connectivity index (χ4v) is 4.94. The van der Waals surface area contributed by atoms with Crippen LogP contribution in [0.5, 0.6) is 0 Å². The Morgan fingerprint density at radius 2 is 1.96 bits per heavy atom. The fraction of sp³-hybridized carbons (Fsp3) is 0.550. The summed E-state index contributed by atoms with van der Waals surface area (Å²) >= 11 is 7.40. The second kappa shape index (κ2) is 8.15. The molecule has 0 unspecified atom stereocenters. The van der Waals surface area contributed by atoms with E-state index in [1.165, 1.54) is 24.4 Å². The van der Waals surface area contributed by atoms with E-state index in [2.05, 4.69) is 21.1 Å². The molecule has 0 radical (unpaired) electrons. The van der Waals surface area contributed by atoms with Gasteiger partial charge in [0.1, 0.15) is 5.82 Å². The fourth-order valence-electron chi connectivity index (χ4n) is 4.10. The molecule has 27 heavy (non-hydrogen) atoms. The van der Waals surface area contributed by atoms with Crippen molar-refractivity contribution in [3.63, 3.8) is 0 Å². The van der Waals surface area contributed by atoms with E-state index in [1.54, 1.807) is 0 Å². The van der Waals surface area contributed by atoms with Gasteiger partial charge in [0.25, 0.3) is 0 Å². The van der Waals surface area contributed by atoms with Crippen molar-refractivity contribution in [2.45, 2.75) is 45.1 Å². The van der Waals surface area contributed by atoms with Gasteiger partial charge in [-0.1, -0.05) is 36.6 Å². The van der Waals surface area contributed by atoms with Crippen LogP contribution in [0.2, 0.25) is 5.02 Å². The molecule has 1 aliphatic carbocycles. The molecule has 1 aliphatic heterocycles. The average molecular weight is 405 g/mol. The van der Waals surface area contributed by atoms with E-state index in [0.717, 1.165) is 54.0 Å². The lowest BCUT2D eigenvalue weighted by Gasteiger charge is -2.40. The normalized spacial score (nSPS) is 21.0. The molecule has 5 nitrogen and oxygen atoms in total. The summed E-state index contributed by atoms with van der Waals surface area (Å²) in [6.45, 7) is 4.59. The number of nitrogens with zero attached hydrogens (tertiary/aromatic N) is 4. The number of aromatic nitrogens is 2. The summed E-state index contributed by atoms with van der Waals surface area (Å²) in [4.78, 5) is 21.8. The monoisotopic (exact) mass is 404 g/mol. The Morgan fingerprint density at radius 1 is 1.22 bits per heavy atom. The SMILES string of the molecule is C[C@@H]1CN(c2nc(Cc3ccc(Cl)cc3)ns2)CCN1C(=O)C1CCCC1. The topological polar surface area (TPSA) is 49.3 Å². The summed E-state index contributed by atoms with van der Waals surface area (Å²) < 4.78 is 4.53. The Bertz CT molecular complexity index is 788. The molecule has 7 heteroatoms. The van der Waals surface area contributed by atoms with Gasteiger partial charge in [-0.15, -0.1) is 0 Å². The molecule has 1 amide bonds. The molecule has 0 N–H and O–H groups in total. The molecule has 0 bridgehead atoms. The minimum Gasteiger partial charge on any atom is -0.343 e. The van der Waals surface area contributed by atoms with Gasteiger partial charge in [0.15, 0.2) is 0 Å². The van der Waals surface area contributed by atoms with Crippen molar-refractivity contribution in [3.05, 3.63) is 40.7 Å². The van der Waals surface area contributed by atoms with Gasteiger partial charge in [0, 0.05) is 54.6 Å². The highest BCUT2D eigenvalue weighted by Crippen LogP contribution is 2.29. The van der Waals surface area contributed by atoms with Crippen LogP contribution in [0.15, 0.2) is 24.3 Å². The Kier molecular flexibility index (Phi) is 5.64. The predicted octanol–water partition coefficient (Wildman–Crippen LogP) is 4.01. The number of halogens is 1. The molecule has 1 aromatic heterocycles. The van der Waals surface area contributed by atoms with Crippen molar-refractivity contribution >= 4 is 34.2 Å². The Balaban J connectivity index is 1.37. The molecule has 1 saturated carbocycles. The summed E-state index contributed by atoms with van der Waals surface area (Å²) in [6.07, 6.45) is 5.24. The zero-order valence-corrected chi connectivity index (χ0v) is 17.2. The first-order valence-electron chi connectivity index (χ1n) is 9.72. The number of carbonyl (C=O) groups is 1. The molecular formula is C20H25ClN4OS. The molecule has 1 aromatic carbocycles. The molecule has 2 aliphatic rings. The summed E-state index contributed by atoms with van der Waals surface area (Å²) in [7, 11) is 0. The summed E-state index contributed by atoms with van der Waals surface area (Å²) in [5.41, 5.74) is 1.16. The molecule has 4 rings (SSSR count). The molecule has 2 fully saturated rings. The van der Waals surface area contributed by atoms with Crippen LogP contribution in [0, 0.1) is 5.92 Å². The quantitative estimate of drug-likeness (QED) is 0.772. The first-order valence-corrected chi connectivity index (χ1v) is 10.9. The van der Waals surface area contributed by atoms with Gasteiger partial charge in [-0.2, -0.15) is 4.37 Å². The minimum absolute atomic E-state index is 0.218. The molecule has 2 aromatic rings. The van der Waals surface area contributed by atoms with E-state index in [4.69, 9.17) is 16.6 Å². The standard InChI is InChI=1S/C20H25ClN4OS/c1-14-13-24(10-11-25(14)19(26)16-4-2-3-5-16)20-22-18(23-27-20)12-15-6-8-17(21)9-7-15/h6-9,14,16H,2-5,10-13H2,1H3/t14-/m1/s1. The largest absolute Gasteiger partial charge is 0.343 e. The van der Waals surface area contributed by atoms with Crippen molar-refractivity contribution in [2.75, 3.05) is 24.5 Å². The van der Waals surface area contributed by atoms with Gasteiger partial charge in [-0.05, 0) is 37.5 Å². The number of rotatable bonds is 4. The minimum atomic E-state index is 0.218. The molecule has 1 atom stereocenters. The number of anilines is 1. The lowest BCUT2D eigenvalue weighted by molar-refractivity contribution is -0.137. The van der Waals surface area contributed by atoms with Crippen LogP contribution in [0.1, 0.15) is 44.0 Å².